The Labute approximate surface area is 128 Å². The standard InChI is InChI=1S/C21H24/c1-3-14-21(15-4-2)16-13-18-11-8-12-19(20(18)21)17-9-6-5-7-10-17/h5-13,16H,3-4,14-15H2,1-2H3. The maximum absolute atomic E-state index is 2.47. The molecule has 0 bridgehead atoms. The number of hydrogen-bond acceptors (Lipinski definition) is 0. The smallest absolute Gasteiger partial charge is 0.0147 e. The number of allylic oxidation sites excluding steroid dienone is 1. The Kier molecular flexibility index (Phi) is 3.96. The molecule has 0 aliphatic heterocycles. The van der Waals surface area contributed by atoms with Gasteiger partial charge in [0.2, 0.25) is 0 Å². The van der Waals surface area contributed by atoms with E-state index in [2.05, 4.69) is 74.5 Å². The Morgan fingerprint density at radius 2 is 1.52 bits per heavy atom. The molecule has 0 atom stereocenters. The minimum Gasteiger partial charge on any atom is -0.0733 e. The second-order valence-corrected chi connectivity index (χ2v) is 6.13. The first kappa shape index (κ1) is 14.1. The second kappa shape index (κ2) is 5.89. The van der Waals surface area contributed by atoms with Gasteiger partial charge in [0.15, 0.2) is 0 Å². The number of benzene rings is 2. The zero-order valence-electron chi connectivity index (χ0n) is 13.1. The topological polar surface area (TPSA) is 0 Å². The number of hydrogen-bond donors (Lipinski definition) is 0. The largest absolute Gasteiger partial charge is 0.0733 e. The van der Waals surface area contributed by atoms with Crippen molar-refractivity contribution in [2.45, 2.75) is 44.9 Å². The highest BCUT2D eigenvalue weighted by atomic mass is 14.4. The zero-order chi connectivity index (χ0) is 14.7. The fraction of sp³-hybridized carbons (Fsp3) is 0.333. The van der Waals surface area contributed by atoms with Gasteiger partial charge in [0.25, 0.3) is 0 Å². The maximum atomic E-state index is 2.47. The Bertz CT molecular complexity index is 628. The van der Waals surface area contributed by atoms with Gasteiger partial charge in [-0.15, -0.1) is 0 Å². The first-order chi connectivity index (χ1) is 10.3. The van der Waals surface area contributed by atoms with Crippen LogP contribution in [0.1, 0.15) is 50.7 Å². The summed E-state index contributed by atoms with van der Waals surface area (Å²) < 4.78 is 0. The van der Waals surface area contributed by atoms with Crippen LogP contribution in [0.3, 0.4) is 0 Å². The molecule has 0 amide bonds. The highest BCUT2D eigenvalue weighted by Crippen LogP contribution is 2.47. The van der Waals surface area contributed by atoms with Gasteiger partial charge < -0.3 is 0 Å². The lowest BCUT2D eigenvalue weighted by molar-refractivity contribution is 0.449. The lowest BCUT2D eigenvalue weighted by Gasteiger charge is -2.31. The minimum absolute atomic E-state index is 0.241. The van der Waals surface area contributed by atoms with Crippen LogP contribution in [-0.2, 0) is 5.41 Å². The highest BCUT2D eigenvalue weighted by molar-refractivity contribution is 5.79. The van der Waals surface area contributed by atoms with Gasteiger partial charge in [0.05, 0.1) is 0 Å². The molecule has 1 aliphatic rings. The van der Waals surface area contributed by atoms with E-state index in [0.29, 0.717) is 0 Å². The van der Waals surface area contributed by atoms with Crippen molar-refractivity contribution in [3.63, 3.8) is 0 Å². The molecule has 0 aromatic heterocycles. The van der Waals surface area contributed by atoms with Crippen molar-refractivity contribution < 1.29 is 0 Å². The molecule has 0 saturated heterocycles. The van der Waals surface area contributed by atoms with Crippen molar-refractivity contribution >= 4 is 6.08 Å². The first-order valence-corrected chi connectivity index (χ1v) is 8.19. The minimum atomic E-state index is 0.241. The average molecular weight is 276 g/mol. The van der Waals surface area contributed by atoms with E-state index in [1.807, 2.05) is 0 Å². The summed E-state index contributed by atoms with van der Waals surface area (Å²) in [7, 11) is 0. The van der Waals surface area contributed by atoms with E-state index in [9.17, 15) is 0 Å². The summed E-state index contributed by atoms with van der Waals surface area (Å²) in [5, 5.41) is 0. The van der Waals surface area contributed by atoms with Gasteiger partial charge in [-0.3, -0.25) is 0 Å². The monoisotopic (exact) mass is 276 g/mol. The summed E-state index contributed by atoms with van der Waals surface area (Å²) in [6, 6.07) is 17.6. The Morgan fingerprint density at radius 1 is 0.810 bits per heavy atom. The summed E-state index contributed by atoms with van der Waals surface area (Å²) in [6.07, 6.45) is 9.76. The molecule has 0 heteroatoms. The van der Waals surface area contributed by atoms with Gasteiger partial charge in [-0.2, -0.15) is 0 Å². The predicted molar refractivity (Wildman–Crippen MR) is 92.4 cm³/mol. The molecule has 1 aliphatic carbocycles. The summed E-state index contributed by atoms with van der Waals surface area (Å²) >= 11 is 0. The number of fused-ring (bicyclic) bond motifs is 1. The lowest BCUT2D eigenvalue weighted by atomic mass is 9.72. The third-order valence-corrected chi connectivity index (χ3v) is 4.65. The molecule has 3 rings (SSSR count). The van der Waals surface area contributed by atoms with E-state index in [4.69, 9.17) is 0 Å². The summed E-state index contributed by atoms with van der Waals surface area (Å²) in [6.45, 7) is 4.60. The molecule has 0 heterocycles. The quantitative estimate of drug-likeness (QED) is 0.608. The van der Waals surface area contributed by atoms with Gasteiger partial charge in [-0.1, -0.05) is 87.4 Å². The fourth-order valence-electron chi connectivity index (χ4n) is 3.89. The van der Waals surface area contributed by atoms with Crippen LogP contribution >= 0.6 is 0 Å². The normalized spacial score (nSPS) is 15.1. The maximum Gasteiger partial charge on any atom is 0.0147 e. The van der Waals surface area contributed by atoms with Gasteiger partial charge in [-0.05, 0) is 35.1 Å². The average Bonchev–Trinajstić information content (AvgIpc) is 2.88. The van der Waals surface area contributed by atoms with Crippen LogP contribution in [-0.4, -0.2) is 0 Å². The molecule has 2 aromatic carbocycles. The Balaban J connectivity index is 2.17. The van der Waals surface area contributed by atoms with Crippen LogP contribution in [0, 0.1) is 0 Å². The van der Waals surface area contributed by atoms with E-state index < -0.39 is 0 Å². The molecule has 0 fully saturated rings. The van der Waals surface area contributed by atoms with E-state index in [1.54, 1.807) is 5.56 Å². The van der Waals surface area contributed by atoms with E-state index in [1.165, 1.54) is 42.4 Å². The fourth-order valence-corrected chi connectivity index (χ4v) is 3.89. The SMILES string of the molecule is CCCC1(CCC)C=Cc2cccc(-c3ccccc3)c21. The zero-order valence-corrected chi connectivity index (χ0v) is 13.1. The molecule has 0 nitrogen and oxygen atoms in total. The van der Waals surface area contributed by atoms with Crippen molar-refractivity contribution in [1.29, 1.82) is 0 Å². The molecule has 21 heavy (non-hydrogen) atoms. The third kappa shape index (κ3) is 2.44. The molecule has 2 aromatic rings. The van der Waals surface area contributed by atoms with Crippen LogP contribution in [0.5, 0.6) is 0 Å². The molecule has 0 saturated carbocycles. The highest BCUT2D eigenvalue weighted by Gasteiger charge is 2.35. The number of rotatable bonds is 5. The van der Waals surface area contributed by atoms with Crippen molar-refractivity contribution in [3.05, 3.63) is 65.7 Å². The summed E-state index contributed by atoms with van der Waals surface area (Å²) in [5.74, 6) is 0. The molecule has 0 radical (unpaired) electrons. The third-order valence-electron chi connectivity index (χ3n) is 4.65. The van der Waals surface area contributed by atoms with E-state index in [0.717, 1.165) is 0 Å². The van der Waals surface area contributed by atoms with Crippen molar-refractivity contribution in [2.75, 3.05) is 0 Å². The molecule has 0 unspecified atom stereocenters. The van der Waals surface area contributed by atoms with Crippen LogP contribution < -0.4 is 0 Å². The first-order valence-electron chi connectivity index (χ1n) is 8.19. The van der Waals surface area contributed by atoms with Crippen LogP contribution in [0.4, 0.5) is 0 Å². The van der Waals surface area contributed by atoms with E-state index >= 15 is 0 Å². The molecular formula is C21H24. The second-order valence-electron chi connectivity index (χ2n) is 6.13. The van der Waals surface area contributed by atoms with E-state index in [-0.39, 0.29) is 5.41 Å². The molecule has 0 N–H and O–H groups in total. The van der Waals surface area contributed by atoms with Crippen molar-refractivity contribution in [2.24, 2.45) is 0 Å². The van der Waals surface area contributed by atoms with Gasteiger partial charge in [0.1, 0.15) is 0 Å². The van der Waals surface area contributed by atoms with Gasteiger partial charge in [-0.25, -0.2) is 0 Å². The summed E-state index contributed by atoms with van der Waals surface area (Å²) in [4.78, 5) is 0. The Morgan fingerprint density at radius 3 is 2.19 bits per heavy atom. The van der Waals surface area contributed by atoms with Gasteiger partial charge in [0, 0.05) is 5.41 Å². The van der Waals surface area contributed by atoms with Crippen molar-refractivity contribution in [1.82, 2.24) is 0 Å². The van der Waals surface area contributed by atoms with Crippen LogP contribution in [0.25, 0.3) is 17.2 Å². The molecular weight excluding hydrogens is 252 g/mol. The lowest BCUT2D eigenvalue weighted by Crippen LogP contribution is -2.22. The van der Waals surface area contributed by atoms with Crippen LogP contribution in [0.15, 0.2) is 54.6 Å². The molecule has 108 valence electrons. The molecule has 0 spiro atoms. The van der Waals surface area contributed by atoms with Crippen molar-refractivity contribution in [3.8, 4) is 11.1 Å². The van der Waals surface area contributed by atoms with Crippen LogP contribution in [0.2, 0.25) is 0 Å². The summed E-state index contributed by atoms with van der Waals surface area (Å²) in [5.41, 5.74) is 5.97. The predicted octanol–water partition coefficient (Wildman–Crippen LogP) is 6.22. The van der Waals surface area contributed by atoms with Gasteiger partial charge >= 0.3 is 0 Å². The Hall–Kier alpha value is -1.82.